The molecule has 4 rings (SSSR count). The smallest absolute Gasteiger partial charge is 0.248 e. The van der Waals surface area contributed by atoms with Crippen LogP contribution < -0.4 is 5.32 Å². The van der Waals surface area contributed by atoms with E-state index in [0.717, 1.165) is 16.0 Å². The van der Waals surface area contributed by atoms with Gasteiger partial charge in [0.05, 0.1) is 11.3 Å². The highest BCUT2D eigenvalue weighted by Gasteiger charge is 2.12. The lowest BCUT2D eigenvalue weighted by atomic mass is 10.1. The number of anilines is 1. The Bertz CT molecular complexity index is 1150. The van der Waals surface area contributed by atoms with Gasteiger partial charge in [0.1, 0.15) is 0 Å². The molecule has 0 aliphatic rings. The first kappa shape index (κ1) is 19.1. The van der Waals surface area contributed by atoms with Crippen molar-refractivity contribution in [3.63, 3.8) is 0 Å². The van der Waals surface area contributed by atoms with Crippen LogP contribution in [0.2, 0.25) is 5.02 Å². The topological polar surface area (TPSA) is 68.0 Å². The molecule has 0 bridgehead atoms. The van der Waals surface area contributed by atoms with Crippen LogP contribution >= 0.6 is 22.9 Å². The van der Waals surface area contributed by atoms with Crippen LogP contribution in [-0.4, -0.2) is 16.0 Å². The van der Waals surface area contributed by atoms with Crippen LogP contribution in [0.15, 0.2) is 76.6 Å². The van der Waals surface area contributed by atoms with Crippen LogP contribution in [0.4, 0.5) is 5.69 Å². The van der Waals surface area contributed by atoms with Gasteiger partial charge < -0.3 is 9.84 Å². The third-order valence-electron chi connectivity index (χ3n) is 4.15. The molecule has 2 aromatic heterocycles. The van der Waals surface area contributed by atoms with Crippen LogP contribution in [0.5, 0.6) is 0 Å². The standard InChI is InChI=1S/C22H16ClN3O2S/c23-17-8-3-1-6-15(17)11-12-20(27)24-18-9-4-2-7-16(18)14-21-25-22(26-28-21)19-10-5-13-29-19/h1-13H,14H2,(H,24,27). The SMILES string of the molecule is O=C(C=Cc1ccccc1Cl)Nc1ccccc1Cc1nc(-c2cccs2)no1. The Kier molecular flexibility index (Phi) is 5.84. The van der Waals surface area contributed by atoms with Crippen molar-refractivity contribution in [1.29, 1.82) is 0 Å². The highest BCUT2D eigenvalue weighted by atomic mass is 35.5. The summed E-state index contributed by atoms with van der Waals surface area (Å²) in [4.78, 5) is 17.8. The van der Waals surface area contributed by atoms with E-state index < -0.39 is 0 Å². The van der Waals surface area contributed by atoms with Gasteiger partial charge in [-0.05, 0) is 40.8 Å². The molecule has 2 heterocycles. The zero-order chi connectivity index (χ0) is 20.1. The zero-order valence-electron chi connectivity index (χ0n) is 15.2. The zero-order valence-corrected chi connectivity index (χ0v) is 16.8. The number of thiophene rings is 1. The van der Waals surface area contributed by atoms with Crippen molar-refractivity contribution in [2.24, 2.45) is 0 Å². The molecule has 144 valence electrons. The van der Waals surface area contributed by atoms with Crippen molar-refractivity contribution in [3.8, 4) is 10.7 Å². The third kappa shape index (κ3) is 4.80. The third-order valence-corrected chi connectivity index (χ3v) is 5.36. The van der Waals surface area contributed by atoms with Gasteiger partial charge in [0.2, 0.25) is 17.6 Å². The second-order valence-corrected chi connectivity index (χ2v) is 7.52. The predicted molar refractivity (Wildman–Crippen MR) is 116 cm³/mol. The van der Waals surface area contributed by atoms with Gasteiger partial charge >= 0.3 is 0 Å². The molecule has 0 fully saturated rings. The minimum Gasteiger partial charge on any atom is -0.339 e. The number of halogens is 1. The van der Waals surface area contributed by atoms with Gasteiger partial charge in [0, 0.05) is 16.8 Å². The quantitative estimate of drug-likeness (QED) is 0.406. The maximum absolute atomic E-state index is 12.4. The molecule has 29 heavy (non-hydrogen) atoms. The molecule has 0 aliphatic carbocycles. The molecule has 0 saturated carbocycles. The monoisotopic (exact) mass is 421 g/mol. The Morgan fingerprint density at radius 2 is 1.93 bits per heavy atom. The average Bonchev–Trinajstić information content (AvgIpc) is 3.41. The molecule has 0 atom stereocenters. The van der Waals surface area contributed by atoms with E-state index in [1.807, 2.05) is 60.0 Å². The first-order valence-electron chi connectivity index (χ1n) is 8.87. The second-order valence-electron chi connectivity index (χ2n) is 6.17. The van der Waals surface area contributed by atoms with Gasteiger partial charge in [-0.15, -0.1) is 11.3 Å². The number of rotatable bonds is 6. The highest BCUT2D eigenvalue weighted by molar-refractivity contribution is 7.13. The lowest BCUT2D eigenvalue weighted by Crippen LogP contribution is -2.10. The van der Waals surface area contributed by atoms with Crippen molar-refractivity contribution in [2.75, 3.05) is 5.32 Å². The molecule has 4 aromatic rings. The number of carbonyl (C=O) groups is 1. The number of nitrogens with one attached hydrogen (secondary N) is 1. The van der Waals surface area contributed by atoms with Crippen molar-refractivity contribution in [3.05, 3.63) is 94.2 Å². The van der Waals surface area contributed by atoms with Gasteiger partial charge in [-0.1, -0.05) is 59.2 Å². The van der Waals surface area contributed by atoms with Crippen LogP contribution in [0, 0.1) is 0 Å². The second kappa shape index (κ2) is 8.86. The maximum Gasteiger partial charge on any atom is 0.248 e. The first-order chi connectivity index (χ1) is 14.2. The molecule has 7 heteroatoms. The summed E-state index contributed by atoms with van der Waals surface area (Å²) in [5, 5.41) is 9.49. The van der Waals surface area contributed by atoms with Gasteiger partial charge in [0.15, 0.2) is 0 Å². The number of benzene rings is 2. The van der Waals surface area contributed by atoms with Crippen molar-refractivity contribution < 1.29 is 9.32 Å². The minimum atomic E-state index is -0.248. The summed E-state index contributed by atoms with van der Waals surface area (Å²) in [5.41, 5.74) is 2.36. The van der Waals surface area contributed by atoms with E-state index in [4.69, 9.17) is 16.1 Å². The molecule has 0 saturated heterocycles. The van der Waals surface area contributed by atoms with Gasteiger partial charge in [0.25, 0.3) is 0 Å². The number of para-hydroxylation sites is 1. The Morgan fingerprint density at radius 3 is 2.76 bits per heavy atom. The maximum atomic E-state index is 12.4. The summed E-state index contributed by atoms with van der Waals surface area (Å²) in [6.07, 6.45) is 3.56. The fraction of sp³-hybridized carbons (Fsp3) is 0.0455. The summed E-state index contributed by atoms with van der Waals surface area (Å²) in [7, 11) is 0. The molecule has 2 aromatic carbocycles. The fourth-order valence-electron chi connectivity index (χ4n) is 2.74. The van der Waals surface area contributed by atoms with Crippen molar-refractivity contribution >= 4 is 40.6 Å². The summed E-state index contributed by atoms with van der Waals surface area (Å²) in [6, 6.07) is 18.8. The van der Waals surface area contributed by atoms with E-state index in [0.29, 0.717) is 28.8 Å². The van der Waals surface area contributed by atoms with E-state index in [1.54, 1.807) is 23.5 Å². The van der Waals surface area contributed by atoms with Gasteiger partial charge in [-0.2, -0.15) is 4.98 Å². The Labute approximate surface area is 176 Å². The molecule has 0 aliphatic heterocycles. The van der Waals surface area contributed by atoms with Crippen LogP contribution in [0.25, 0.3) is 16.8 Å². The predicted octanol–water partition coefficient (Wildman–Crippen LogP) is 5.69. The van der Waals surface area contributed by atoms with E-state index in [1.165, 1.54) is 6.08 Å². The number of hydrogen-bond acceptors (Lipinski definition) is 5. The lowest BCUT2D eigenvalue weighted by Gasteiger charge is -2.08. The summed E-state index contributed by atoms with van der Waals surface area (Å²) in [6.45, 7) is 0. The number of nitrogens with zero attached hydrogens (tertiary/aromatic N) is 2. The first-order valence-corrected chi connectivity index (χ1v) is 10.1. The molecular weight excluding hydrogens is 406 g/mol. The minimum absolute atomic E-state index is 0.248. The Hall–Kier alpha value is -3.22. The average molecular weight is 422 g/mol. The van der Waals surface area contributed by atoms with Gasteiger partial charge in [-0.25, -0.2) is 0 Å². The molecule has 0 unspecified atom stereocenters. The number of amides is 1. The fourth-order valence-corrected chi connectivity index (χ4v) is 3.59. The summed E-state index contributed by atoms with van der Waals surface area (Å²) >= 11 is 7.67. The summed E-state index contributed by atoms with van der Waals surface area (Å²) in [5.74, 6) is 0.808. The molecular formula is C22H16ClN3O2S. The van der Waals surface area contributed by atoms with Gasteiger partial charge in [-0.3, -0.25) is 4.79 Å². The Morgan fingerprint density at radius 1 is 1.10 bits per heavy atom. The van der Waals surface area contributed by atoms with Crippen LogP contribution in [0.1, 0.15) is 17.0 Å². The number of carbonyl (C=O) groups excluding carboxylic acids is 1. The van der Waals surface area contributed by atoms with E-state index in [9.17, 15) is 4.79 Å². The lowest BCUT2D eigenvalue weighted by molar-refractivity contribution is -0.111. The van der Waals surface area contributed by atoms with E-state index in [2.05, 4.69) is 15.5 Å². The normalized spacial score (nSPS) is 11.1. The van der Waals surface area contributed by atoms with E-state index in [-0.39, 0.29) is 5.91 Å². The largest absolute Gasteiger partial charge is 0.339 e. The Balaban J connectivity index is 1.47. The molecule has 0 radical (unpaired) electrons. The molecule has 1 N–H and O–H groups in total. The van der Waals surface area contributed by atoms with Crippen molar-refractivity contribution in [1.82, 2.24) is 10.1 Å². The van der Waals surface area contributed by atoms with Crippen LogP contribution in [0.3, 0.4) is 0 Å². The summed E-state index contributed by atoms with van der Waals surface area (Å²) < 4.78 is 5.38. The number of hydrogen-bond donors (Lipinski definition) is 1. The van der Waals surface area contributed by atoms with Crippen LogP contribution in [-0.2, 0) is 11.2 Å². The van der Waals surface area contributed by atoms with Crippen molar-refractivity contribution in [2.45, 2.75) is 6.42 Å². The molecule has 5 nitrogen and oxygen atoms in total. The molecule has 1 amide bonds. The number of aromatic nitrogens is 2. The molecule has 0 spiro atoms. The highest BCUT2D eigenvalue weighted by Crippen LogP contribution is 2.24. The van der Waals surface area contributed by atoms with E-state index >= 15 is 0 Å².